The minimum Gasteiger partial charge on any atom is -0.451 e. The molecule has 4 nitrogen and oxygen atoms in total. The molecule has 0 unspecified atom stereocenters. The summed E-state index contributed by atoms with van der Waals surface area (Å²) in [6.45, 7) is 3.45. The van der Waals surface area contributed by atoms with E-state index in [9.17, 15) is 13.6 Å². The van der Waals surface area contributed by atoms with Crippen molar-refractivity contribution in [3.8, 4) is 0 Å². The van der Waals surface area contributed by atoms with Crippen molar-refractivity contribution in [1.29, 1.82) is 0 Å². The molecule has 1 aliphatic heterocycles. The van der Waals surface area contributed by atoms with Crippen LogP contribution in [0.25, 0.3) is 11.0 Å². The second-order valence-corrected chi connectivity index (χ2v) is 6.86. The van der Waals surface area contributed by atoms with Crippen LogP contribution in [-0.4, -0.2) is 19.0 Å². The molecule has 140 valence electrons. The lowest BCUT2D eigenvalue weighted by molar-refractivity contribution is 0.0998. The van der Waals surface area contributed by atoms with Crippen LogP contribution in [0.4, 0.5) is 20.2 Å². The Balaban J connectivity index is 1.67. The lowest BCUT2D eigenvalue weighted by Gasteiger charge is -2.30. The van der Waals surface area contributed by atoms with Gasteiger partial charge in [-0.3, -0.25) is 4.79 Å². The van der Waals surface area contributed by atoms with Crippen molar-refractivity contribution in [2.24, 2.45) is 0 Å². The molecule has 6 heteroatoms. The Morgan fingerprint density at radius 2 is 1.74 bits per heavy atom. The van der Waals surface area contributed by atoms with Gasteiger partial charge in [-0.1, -0.05) is 0 Å². The molecule has 1 fully saturated rings. The number of amides is 1. The predicted molar refractivity (Wildman–Crippen MR) is 101 cm³/mol. The van der Waals surface area contributed by atoms with Gasteiger partial charge in [-0.15, -0.1) is 0 Å². The maximum absolute atomic E-state index is 13.8. The number of nitrogens with one attached hydrogen (secondary N) is 1. The maximum atomic E-state index is 13.8. The van der Waals surface area contributed by atoms with Gasteiger partial charge in [0.1, 0.15) is 17.2 Å². The molecule has 1 aliphatic rings. The average molecular weight is 370 g/mol. The molecule has 3 aromatic rings. The maximum Gasteiger partial charge on any atom is 0.291 e. The summed E-state index contributed by atoms with van der Waals surface area (Å²) in [4.78, 5) is 14.9. The first-order valence-electron chi connectivity index (χ1n) is 9.07. The van der Waals surface area contributed by atoms with E-state index in [-0.39, 0.29) is 5.76 Å². The number of anilines is 2. The lowest BCUT2D eigenvalue weighted by Crippen LogP contribution is -2.30. The Bertz CT molecular complexity index is 1010. The highest BCUT2D eigenvalue weighted by Crippen LogP contribution is 2.31. The van der Waals surface area contributed by atoms with Crippen LogP contribution in [0.15, 0.2) is 40.8 Å². The van der Waals surface area contributed by atoms with Crippen LogP contribution >= 0.6 is 0 Å². The fraction of sp³-hybridized carbons (Fsp3) is 0.286. The summed E-state index contributed by atoms with van der Waals surface area (Å²) in [6.07, 6.45) is 3.31. The van der Waals surface area contributed by atoms with E-state index in [2.05, 4.69) is 10.2 Å². The molecule has 4 rings (SSSR count). The number of piperidine rings is 1. The summed E-state index contributed by atoms with van der Waals surface area (Å²) in [5.74, 6) is -1.19. The molecule has 0 spiro atoms. The standard InChI is InChI=1S/C21H20F2N2O2/c1-13-16-11-14(22)6-8-19(16)27-20(13)21(26)24-17-12-15(23)5-7-18(17)25-9-3-2-4-10-25/h5-8,11-12H,2-4,9-10H2,1H3,(H,24,26). The van der Waals surface area contributed by atoms with E-state index in [0.717, 1.165) is 31.6 Å². The van der Waals surface area contributed by atoms with Crippen molar-refractivity contribution in [3.05, 3.63) is 59.4 Å². The SMILES string of the molecule is Cc1c(C(=O)Nc2cc(F)ccc2N2CCCCC2)oc2ccc(F)cc12. The van der Waals surface area contributed by atoms with Gasteiger partial charge in [0.15, 0.2) is 5.76 Å². The molecule has 1 amide bonds. The van der Waals surface area contributed by atoms with E-state index < -0.39 is 17.5 Å². The zero-order valence-corrected chi connectivity index (χ0v) is 15.0. The lowest BCUT2D eigenvalue weighted by atomic mass is 10.1. The first-order valence-corrected chi connectivity index (χ1v) is 9.07. The van der Waals surface area contributed by atoms with E-state index >= 15 is 0 Å². The molecular weight excluding hydrogens is 350 g/mol. The number of carbonyl (C=O) groups is 1. The number of carbonyl (C=O) groups excluding carboxylic acids is 1. The molecule has 0 bridgehead atoms. The first kappa shape index (κ1) is 17.5. The van der Waals surface area contributed by atoms with Crippen LogP contribution in [0, 0.1) is 18.6 Å². The summed E-state index contributed by atoms with van der Waals surface area (Å²) < 4.78 is 32.9. The van der Waals surface area contributed by atoms with Gasteiger partial charge in [-0.2, -0.15) is 0 Å². The Morgan fingerprint density at radius 1 is 1.04 bits per heavy atom. The normalized spacial score (nSPS) is 14.6. The van der Waals surface area contributed by atoms with Crippen molar-refractivity contribution in [1.82, 2.24) is 0 Å². The molecule has 2 heterocycles. The van der Waals surface area contributed by atoms with E-state index in [4.69, 9.17) is 4.42 Å². The molecule has 27 heavy (non-hydrogen) atoms. The molecule has 1 N–H and O–H groups in total. The van der Waals surface area contributed by atoms with Crippen molar-refractivity contribution in [3.63, 3.8) is 0 Å². The number of nitrogens with zero attached hydrogens (tertiary/aromatic N) is 1. The van der Waals surface area contributed by atoms with Crippen molar-refractivity contribution >= 4 is 28.3 Å². The van der Waals surface area contributed by atoms with E-state index in [1.807, 2.05) is 0 Å². The Morgan fingerprint density at radius 3 is 2.52 bits per heavy atom. The Kier molecular flexibility index (Phi) is 4.56. The van der Waals surface area contributed by atoms with E-state index in [1.165, 1.54) is 36.8 Å². The third-order valence-electron chi connectivity index (χ3n) is 5.01. The molecule has 0 saturated carbocycles. The molecule has 0 radical (unpaired) electrons. The second kappa shape index (κ2) is 7.02. The van der Waals surface area contributed by atoms with Crippen LogP contribution in [0.5, 0.6) is 0 Å². The third-order valence-corrected chi connectivity index (χ3v) is 5.01. The van der Waals surface area contributed by atoms with Gasteiger partial charge >= 0.3 is 0 Å². The predicted octanol–water partition coefficient (Wildman–Crippen LogP) is 5.26. The summed E-state index contributed by atoms with van der Waals surface area (Å²) in [6, 6.07) is 8.53. The number of benzene rings is 2. The zero-order valence-electron chi connectivity index (χ0n) is 15.0. The number of furan rings is 1. The van der Waals surface area contributed by atoms with Crippen LogP contribution in [-0.2, 0) is 0 Å². The van der Waals surface area contributed by atoms with Gasteiger partial charge in [0.25, 0.3) is 5.91 Å². The molecule has 1 saturated heterocycles. The smallest absolute Gasteiger partial charge is 0.291 e. The minimum atomic E-state index is -0.479. The Labute approximate surface area is 155 Å². The topological polar surface area (TPSA) is 45.5 Å². The molecular formula is C21H20F2N2O2. The summed E-state index contributed by atoms with van der Waals surface area (Å²) in [5, 5.41) is 3.32. The molecule has 0 atom stereocenters. The number of halogens is 2. The van der Waals surface area contributed by atoms with Crippen LogP contribution < -0.4 is 10.2 Å². The van der Waals surface area contributed by atoms with Crippen molar-refractivity contribution < 1.29 is 18.0 Å². The number of fused-ring (bicyclic) bond motifs is 1. The number of rotatable bonds is 3. The summed E-state index contributed by atoms with van der Waals surface area (Å²) >= 11 is 0. The Hall–Kier alpha value is -2.89. The van der Waals surface area contributed by atoms with Crippen LogP contribution in [0.2, 0.25) is 0 Å². The highest BCUT2D eigenvalue weighted by molar-refractivity contribution is 6.07. The first-order chi connectivity index (χ1) is 13.0. The number of hydrogen-bond acceptors (Lipinski definition) is 3. The third kappa shape index (κ3) is 3.39. The second-order valence-electron chi connectivity index (χ2n) is 6.86. The monoisotopic (exact) mass is 370 g/mol. The van der Waals surface area contributed by atoms with Crippen LogP contribution in [0.3, 0.4) is 0 Å². The summed E-state index contributed by atoms with van der Waals surface area (Å²) in [7, 11) is 0. The molecule has 2 aromatic carbocycles. The molecule has 1 aromatic heterocycles. The average Bonchev–Trinajstić information content (AvgIpc) is 2.99. The number of aryl methyl sites for hydroxylation is 1. The molecule has 0 aliphatic carbocycles. The van der Waals surface area contributed by atoms with Crippen molar-refractivity contribution in [2.45, 2.75) is 26.2 Å². The largest absolute Gasteiger partial charge is 0.451 e. The summed E-state index contributed by atoms with van der Waals surface area (Å²) in [5.41, 5.74) is 2.20. The zero-order chi connectivity index (χ0) is 19.0. The minimum absolute atomic E-state index is 0.101. The van der Waals surface area contributed by atoms with Gasteiger partial charge in [-0.05, 0) is 62.6 Å². The quantitative estimate of drug-likeness (QED) is 0.684. The highest BCUT2D eigenvalue weighted by Gasteiger charge is 2.21. The van der Waals surface area contributed by atoms with Crippen molar-refractivity contribution in [2.75, 3.05) is 23.3 Å². The van der Waals surface area contributed by atoms with E-state index in [0.29, 0.717) is 22.2 Å². The van der Waals surface area contributed by atoms with Gasteiger partial charge in [0.05, 0.1) is 11.4 Å². The fourth-order valence-corrected chi connectivity index (χ4v) is 3.61. The number of hydrogen-bond donors (Lipinski definition) is 1. The van der Waals surface area contributed by atoms with E-state index in [1.54, 1.807) is 13.0 Å². The van der Waals surface area contributed by atoms with Gasteiger partial charge in [-0.25, -0.2) is 8.78 Å². The fourth-order valence-electron chi connectivity index (χ4n) is 3.61. The van der Waals surface area contributed by atoms with Gasteiger partial charge in [0.2, 0.25) is 0 Å². The van der Waals surface area contributed by atoms with Crippen LogP contribution in [0.1, 0.15) is 35.4 Å². The van der Waals surface area contributed by atoms with Gasteiger partial charge < -0.3 is 14.6 Å². The van der Waals surface area contributed by atoms with Gasteiger partial charge in [0, 0.05) is 24.0 Å². The highest BCUT2D eigenvalue weighted by atomic mass is 19.1.